The Bertz CT molecular complexity index is 829. The largest absolute Gasteiger partial charge is 0.493 e. The third kappa shape index (κ3) is 4.21. The maximum absolute atomic E-state index is 13.2. The zero-order valence-corrected chi connectivity index (χ0v) is 16.4. The number of hydrogen-bond donors (Lipinski definition) is 0. The maximum Gasteiger partial charge on any atom is 0.254 e. The number of methoxy groups -OCH3 is 1. The summed E-state index contributed by atoms with van der Waals surface area (Å²) in [6.07, 6.45) is 3.14. The normalized spacial score (nSPS) is 18.0. The van der Waals surface area contributed by atoms with Gasteiger partial charge in [0.2, 0.25) is 0 Å². The van der Waals surface area contributed by atoms with E-state index in [1.54, 1.807) is 7.11 Å². The molecule has 1 amide bonds. The lowest BCUT2D eigenvalue weighted by Gasteiger charge is -2.25. The molecule has 4 rings (SSSR count). The molecule has 1 saturated heterocycles. The molecule has 1 unspecified atom stereocenters. The third-order valence-corrected chi connectivity index (χ3v) is 5.43. The van der Waals surface area contributed by atoms with Crippen molar-refractivity contribution in [2.75, 3.05) is 40.0 Å². The summed E-state index contributed by atoms with van der Waals surface area (Å²) in [6.45, 7) is 3.23. The van der Waals surface area contributed by atoms with Crippen LogP contribution in [0.1, 0.15) is 28.8 Å². The number of hydrogen-bond acceptors (Lipinski definition) is 4. The van der Waals surface area contributed by atoms with Crippen molar-refractivity contribution in [2.24, 2.45) is 0 Å². The molecule has 2 aliphatic heterocycles. The van der Waals surface area contributed by atoms with Crippen LogP contribution in [0.25, 0.3) is 11.1 Å². The van der Waals surface area contributed by atoms with Crippen LogP contribution in [0.5, 0.6) is 5.75 Å². The number of carbonyl (C=O) groups is 1. The average molecular weight is 381 g/mol. The molecule has 5 heteroatoms. The highest BCUT2D eigenvalue weighted by atomic mass is 16.5. The summed E-state index contributed by atoms with van der Waals surface area (Å²) in [5.41, 5.74) is 4.09. The lowest BCUT2D eigenvalue weighted by molar-refractivity contribution is 0.0456. The van der Waals surface area contributed by atoms with Crippen LogP contribution in [0, 0.1) is 0 Å². The molecule has 0 saturated carbocycles. The highest BCUT2D eigenvalue weighted by Gasteiger charge is 2.23. The molecule has 0 aromatic heterocycles. The van der Waals surface area contributed by atoms with Gasteiger partial charge in [-0.15, -0.1) is 0 Å². The molecule has 0 aliphatic carbocycles. The lowest BCUT2D eigenvalue weighted by atomic mass is 9.99. The Morgan fingerprint density at radius 3 is 2.89 bits per heavy atom. The Kier molecular flexibility index (Phi) is 5.93. The van der Waals surface area contributed by atoms with Crippen molar-refractivity contribution in [1.29, 1.82) is 0 Å². The summed E-state index contributed by atoms with van der Waals surface area (Å²) in [5, 5.41) is 0. The highest BCUT2D eigenvalue weighted by Crippen LogP contribution is 2.31. The highest BCUT2D eigenvalue weighted by molar-refractivity contribution is 5.95. The number of benzene rings is 2. The van der Waals surface area contributed by atoms with Gasteiger partial charge in [0.15, 0.2) is 0 Å². The van der Waals surface area contributed by atoms with Crippen molar-refractivity contribution >= 4 is 5.91 Å². The van der Waals surface area contributed by atoms with Gasteiger partial charge in [0.05, 0.1) is 19.3 Å². The Morgan fingerprint density at radius 1 is 1.18 bits per heavy atom. The number of rotatable bonds is 7. The van der Waals surface area contributed by atoms with Crippen molar-refractivity contribution in [3.8, 4) is 16.9 Å². The minimum atomic E-state index is 0.0268. The Labute approximate surface area is 166 Å². The quantitative estimate of drug-likeness (QED) is 0.736. The molecule has 0 spiro atoms. The fraction of sp³-hybridized carbons (Fsp3) is 0.435. The third-order valence-electron chi connectivity index (χ3n) is 5.43. The molecule has 28 heavy (non-hydrogen) atoms. The first-order valence-electron chi connectivity index (χ1n) is 10.0. The van der Waals surface area contributed by atoms with Crippen LogP contribution in [0.4, 0.5) is 0 Å². The van der Waals surface area contributed by atoms with Crippen LogP contribution in [0.2, 0.25) is 0 Å². The molecule has 0 bridgehead atoms. The molecule has 2 aliphatic rings. The first-order chi connectivity index (χ1) is 13.7. The van der Waals surface area contributed by atoms with Gasteiger partial charge in [-0.3, -0.25) is 4.79 Å². The summed E-state index contributed by atoms with van der Waals surface area (Å²) < 4.78 is 16.5. The molecular weight excluding hydrogens is 354 g/mol. The Hall–Kier alpha value is -2.37. The van der Waals surface area contributed by atoms with E-state index in [2.05, 4.69) is 12.1 Å². The van der Waals surface area contributed by atoms with E-state index in [1.807, 2.05) is 35.2 Å². The van der Waals surface area contributed by atoms with Crippen molar-refractivity contribution in [1.82, 2.24) is 4.90 Å². The molecule has 1 atom stereocenters. The van der Waals surface area contributed by atoms with Gasteiger partial charge in [-0.2, -0.15) is 0 Å². The molecule has 1 fully saturated rings. The second-order valence-electron chi connectivity index (χ2n) is 7.38. The SMILES string of the molecule is COCCN(CC1CCCO1)C(=O)c1cccc(-c2ccc3c(c2)CCO3)c1. The Morgan fingerprint density at radius 2 is 2.07 bits per heavy atom. The monoisotopic (exact) mass is 381 g/mol. The summed E-state index contributed by atoms with van der Waals surface area (Å²) in [6, 6.07) is 14.1. The molecule has 0 N–H and O–H groups in total. The van der Waals surface area contributed by atoms with Crippen LogP contribution in [-0.2, 0) is 15.9 Å². The number of nitrogens with zero attached hydrogens (tertiary/aromatic N) is 1. The van der Waals surface area contributed by atoms with Crippen LogP contribution < -0.4 is 4.74 Å². The van der Waals surface area contributed by atoms with E-state index in [4.69, 9.17) is 14.2 Å². The summed E-state index contributed by atoms with van der Waals surface area (Å²) in [7, 11) is 1.66. The van der Waals surface area contributed by atoms with Gasteiger partial charge in [0.1, 0.15) is 5.75 Å². The first-order valence-corrected chi connectivity index (χ1v) is 10.0. The van der Waals surface area contributed by atoms with Gasteiger partial charge in [-0.25, -0.2) is 0 Å². The van der Waals surface area contributed by atoms with E-state index in [1.165, 1.54) is 5.56 Å². The van der Waals surface area contributed by atoms with Gasteiger partial charge >= 0.3 is 0 Å². The van der Waals surface area contributed by atoms with E-state index >= 15 is 0 Å². The zero-order chi connectivity index (χ0) is 19.3. The summed E-state index contributed by atoms with van der Waals surface area (Å²) in [5.74, 6) is 0.997. The minimum absolute atomic E-state index is 0.0268. The second-order valence-corrected chi connectivity index (χ2v) is 7.38. The van der Waals surface area contributed by atoms with Gasteiger partial charge in [-0.05, 0) is 53.8 Å². The van der Waals surface area contributed by atoms with Gasteiger partial charge < -0.3 is 19.1 Å². The number of ether oxygens (including phenoxy) is 3. The number of amides is 1. The van der Waals surface area contributed by atoms with Crippen molar-refractivity contribution in [3.05, 3.63) is 53.6 Å². The second kappa shape index (κ2) is 8.76. The summed E-state index contributed by atoms with van der Waals surface area (Å²) >= 11 is 0. The van der Waals surface area contributed by atoms with Crippen molar-refractivity contribution in [3.63, 3.8) is 0 Å². The van der Waals surface area contributed by atoms with E-state index in [0.717, 1.165) is 49.4 Å². The van der Waals surface area contributed by atoms with E-state index < -0.39 is 0 Å². The number of fused-ring (bicyclic) bond motifs is 1. The predicted octanol–water partition coefficient (Wildman–Crippen LogP) is 3.56. The van der Waals surface area contributed by atoms with Crippen LogP contribution in [-0.4, -0.2) is 56.9 Å². The Balaban J connectivity index is 1.55. The van der Waals surface area contributed by atoms with Gasteiger partial charge in [0, 0.05) is 38.8 Å². The predicted molar refractivity (Wildman–Crippen MR) is 108 cm³/mol. The molecule has 5 nitrogen and oxygen atoms in total. The van der Waals surface area contributed by atoms with Crippen molar-refractivity contribution in [2.45, 2.75) is 25.4 Å². The van der Waals surface area contributed by atoms with E-state index in [0.29, 0.717) is 25.3 Å². The zero-order valence-electron chi connectivity index (χ0n) is 16.4. The van der Waals surface area contributed by atoms with E-state index in [-0.39, 0.29) is 12.0 Å². The fourth-order valence-electron chi connectivity index (χ4n) is 3.89. The fourth-order valence-corrected chi connectivity index (χ4v) is 3.89. The van der Waals surface area contributed by atoms with Gasteiger partial charge in [-0.1, -0.05) is 18.2 Å². The molecular formula is C23H27NO4. The molecule has 2 heterocycles. The first kappa shape index (κ1) is 19.0. The molecule has 2 aromatic rings. The van der Waals surface area contributed by atoms with Crippen LogP contribution in [0.15, 0.2) is 42.5 Å². The maximum atomic E-state index is 13.2. The molecule has 0 radical (unpaired) electrons. The standard InChI is InChI=1S/C23H27NO4/c1-26-13-10-24(16-21-6-3-11-27-21)23(25)20-5-2-4-17(15-20)18-7-8-22-19(14-18)9-12-28-22/h2,4-5,7-8,14-15,21H,3,6,9-13,16H2,1H3. The number of carbonyl (C=O) groups excluding carboxylic acids is 1. The minimum Gasteiger partial charge on any atom is -0.493 e. The lowest BCUT2D eigenvalue weighted by Crippen LogP contribution is -2.39. The smallest absolute Gasteiger partial charge is 0.254 e. The average Bonchev–Trinajstić information content (AvgIpc) is 3.41. The topological polar surface area (TPSA) is 48.0 Å². The van der Waals surface area contributed by atoms with Gasteiger partial charge in [0.25, 0.3) is 5.91 Å². The van der Waals surface area contributed by atoms with E-state index in [9.17, 15) is 4.79 Å². The summed E-state index contributed by atoms with van der Waals surface area (Å²) in [4.78, 5) is 15.1. The van der Waals surface area contributed by atoms with Crippen molar-refractivity contribution < 1.29 is 19.0 Å². The molecule has 2 aromatic carbocycles. The van der Waals surface area contributed by atoms with Crippen LogP contribution in [0.3, 0.4) is 0 Å². The van der Waals surface area contributed by atoms with Crippen LogP contribution >= 0.6 is 0 Å². The molecule has 148 valence electrons.